The molecule has 0 N–H and O–H groups in total. The Morgan fingerprint density at radius 3 is 2.69 bits per heavy atom. The lowest BCUT2D eigenvalue weighted by Crippen LogP contribution is -2.43. The van der Waals surface area contributed by atoms with Crippen molar-refractivity contribution in [1.82, 2.24) is 0 Å². The summed E-state index contributed by atoms with van der Waals surface area (Å²) in [6, 6.07) is 14.6. The van der Waals surface area contributed by atoms with Gasteiger partial charge in [-0.1, -0.05) is 28.1 Å². The number of halogens is 1. The van der Waals surface area contributed by atoms with Gasteiger partial charge in [-0.15, -0.1) is 0 Å². The number of esters is 1. The molecule has 2 aromatic rings. The van der Waals surface area contributed by atoms with E-state index in [1.807, 2.05) is 31.2 Å². The summed E-state index contributed by atoms with van der Waals surface area (Å²) in [5.41, 5.74) is 1.56. The SMILES string of the molecule is Cc1cccc(OC2=COC3CC(OC(=O)c4ccc(Br)cc4)CCC3C2=O)c1. The second kappa shape index (κ2) is 8.41. The Labute approximate surface area is 177 Å². The van der Waals surface area contributed by atoms with Crippen LogP contribution in [0.15, 0.2) is 65.0 Å². The minimum Gasteiger partial charge on any atom is -0.493 e. The maximum Gasteiger partial charge on any atom is 0.338 e. The third-order valence-corrected chi connectivity index (χ3v) is 5.77. The van der Waals surface area contributed by atoms with E-state index in [9.17, 15) is 9.59 Å². The van der Waals surface area contributed by atoms with Gasteiger partial charge in [-0.3, -0.25) is 4.79 Å². The normalized spacial score (nSPS) is 23.4. The molecule has 29 heavy (non-hydrogen) atoms. The van der Waals surface area contributed by atoms with Gasteiger partial charge in [-0.2, -0.15) is 0 Å². The van der Waals surface area contributed by atoms with Crippen LogP contribution in [0.5, 0.6) is 5.75 Å². The summed E-state index contributed by atoms with van der Waals surface area (Å²) < 4.78 is 18.1. The highest BCUT2D eigenvalue weighted by Crippen LogP contribution is 2.35. The van der Waals surface area contributed by atoms with Gasteiger partial charge in [0.25, 0.3) is 0 Å². The van der Waals surface area contributed by atoms with E-state index in [0.29, 0.717) is 30.6 Å². The number of benzene rings is 2. The van der Waals surface area contributed by atoms with E-state index in [-0.39, 0.29) is 35.6 Å². The van der Waals surface area contributed by atoms with Gasteiger partial charge in [0.2, 0.25) is 11.5 Å². The fraction of sp³-hybridized carbons (Fsp3) is 0.304. The van der Waals surface area contributed by atoms with Crippen LogP contribution in [0.4, 0.5) is 0 Å². The number of aryl methyl sites for hydroxylation is 1. The molecule has 3 unspecified atom stereocenters. The van der Waals surface area contributed by atoms with Crippen LogP contribution in [0.3, 0.4) is 0 Å². The second-order valence-electron chi connectivity index (χ2n) is 7.39. The molecule has 0 radical (unpaired) electrons. The quantitative estimate of drug-likeness (QED) is 0.607. The van der Waals surface area contributed by atoms with E-state index in [4.69, 9.17) is 14.2 Å². The molecule has 0 aromatic heterocycles. The maximum atomic E-state index is 12.8. The molecule has 150 valence electrons. The molecule has 1 aliphatic heterocycles. The van der Waals surface area contributed by atoms with Gasteiger partial charge < -0.3 is 14.2 Å². The number of hydrogen-bond acceptors (Lipinski definition) is 5. The number of Topliss-reactive ketones (excluding diaryl/α,β-unsaturated/α-hetero) is 1. The van der Waals surface area contributed by atoms with Gasteiger partial charge in [-0.05, 0) is 61.7 Å². The topological polar surface area (TPSA) is 61.8 Å². The van der Waals surface area contributed by atoms with Crippen molar-refractivity contribution in [2.24, 2.45) is 5.92 Å². The molecule has 1 aliphatic carbocycles. The molecule has 0 saturated heterocycles. The third-order valence-electron chi connectivity index (χ3n) is 5.24. The van der Waals surface area contributed by atoms with Gasteiger partial charge >= 0.3 is 5.97 Å². The lowest BCUT2D eigenvalue weighted by atomic mass is 9.80. The predicted octanol–water partition coefficient (Wildman–Crippen LogP) is 4.97. The standard InChI is InChI=1S/C23H21BrO5/c1-14-3-2-4-17(11-14)28-21-13-27-20-12-18(9-10-19(20)22(21)25)29-23(26)15-5-7-16(24)8-6-15/h2-8,11,13,18-20H,9-10,12H2,1H3. The zero-order chi connectivity index (χ0) is 20.4. The van der Waals surface area contributed by atoms with Crippen molar-refractivity contribution in [3.05, 3.63) is 76.2 Å². The Hall–Kier alpha value is -2.60. The number of hydrogen-bond donors (Lipinski definition) is 0. The predicted molar refractivity (Wildman–Crippen MR) is 110 cm³/mol. The Bertz CT molecular complexity index is 950. The minimum absolute atomic E-state index is 0.0551. The van der Waals surface area contributed by atoms with Crippen LogP contribution in [-0.4, -0.2) is 24.0 Å². The smallest absolute Gasteiger partial charge is 0.338 e. The zero-order valence-corrected chi connectivity index (χ0v) is 17.6. The summed E-state index contributed by atoms with van der Waals surface area (Å²) in [5.74, 6) is 0.149. The van der Waals surface area contributed by atoms with Crippen LogP contribution in [0.25, 0.3) is 0 Å². The molecule has 1 saturated carbocycles. The van der Waals surface area contributed by atoms with Gasteiger partial charge in [-0.25, -0.2) is 4.79 Å². The summed E-state index contributed by atoms with van der Waals surface area (Å²) in [7, 11) is 0. The van der Waals surface area contributed by atoms with Crippen LogP contribution in [0.2, 0.25) is 0 Å². The van der Waals surface area contributed by atoms with E-state index in [1.54, 1.807) is 24.3 Å². The van der Waals surface area contributed by atoms with Gasteiger partial charge in [0.15, 0.2) is 0 Å². The Morgan fingerprint density at radius 1 is 1.14 bits per heavy atom. The Morgan fingerprint density at radius 2 is 1.93 bits per heavy atom. The lowest BCUT2D eigenvalue weighted by Gasteiger charge is -2.36. The van der Waals surface area contributed by atoms with Crippen LogP contribution in [0, 0.1) is 12.8 Å². The Balaban J connectivity index is 1.38. The summed E-state index contributed by atoms with van der Waals surface area (Å²) in [5, 5.41) is 0. The molecule has 3 atom stereocenters. The number of fused-ring (bicyclic) bond motifs is 1. The molecule has 1 heterocycles. The van der Waals surface area contributed by atoms with E-state index in [0.717, 1.165) is 10.0 Å². The van der Waals surface area contributed by atoms with Crippen LogP contribution >= 0.6 is 15.9 Å². The van der Waals surface area contributed by atoms with E-state index < -0.39 is 0 Å². The van der Waals surface area contributed by atoms with Gasteiger partial charge in [0.05, 0.1) is 11.5 Å². The van der Waals surface area contributed by atoms with E-state index in [2.05, 4.69) is 15.9 Å². The zero-order valence-electron chi connectivity index (χ0n) is 16.0. The van der Waals surface area contributed by atoms with Crippen molar-refractivity contribution in [3.63, 3.8) is 0 Å². The molecule has 2 aromatic carbocycles. The molecule has 6 heteroatoms. The maximum absolute atomic E-state index is 12.8. The van der Waals surface area contributed by atoms with E-state index >= 15 is 0 Å². The summed E-state index contributed by atoms with van der Waals surface area (Å²) >= 11 is 3.35. The highest BCUT2D eigenvalue weighted by Gasteiger charge is 2.42. The second-order valence-corrected chi connectivity index (χ2v) is 8.31. The number of ketones is 1. The molecule has 0 bridgehead atoms. The van der Waals surface area contributed by atoms with Crippen molar-refractivity contribution in [3.8, 4) is 5.75 Å². The first kappa shape index (κ1) is 19.7. The van der Waals surface area contributed by atoms with Crippen molar-refractivity contribution in [2.45, 2.75) is 38.4 Å². The summed E-state index contributed by atoms with van der Waals surface area (Å²) in [4.78, 5) is 25.2. The summed E-state index contributed by atoms with van der Waals surface area (Å²) in [6.07, 6.45) is 2.53. The lowest BCUT2D eigenvalue weighted by molar-refractivity contribution is -0.132. The van der Waals surface area contributed by atoms with Crippen LogP contribution in [-0.2, 0) is 14.3 Å². The van der Waals surface area contributed by atoms with Crippen molar-refractivity contribution < 1.29 is 23.8 Å². The molecule has 4 rings (SSSR count). The number of allylic oxidation sites excluding steroid dienone is 1. The fourth-order valence-corrected chi connectivity index (χ4v) is 3.99. The highest BCUT2D eigenvalue weighted by atomic mass is 79.9. The number of carbonyl (C=O) groups excluding carboxylic acids is 2. The molecular weight excluding hydrogens is 436 g/mol. The molecule has 0 amide bonds. The number of ether oxygens (including phenoxy) is 3. The average molecular weight is 457 g/mol. The summed E-state index contributed by atoms with van der Waals surface area (Å²) in [6.45, 7) is 1.97. The van der Waals surface area contributed by atoms with Crippen molar-refractivity contribution in [1.29, 1.82) is 0 Å². The molecular formula is C23H21BrO5. The third kappa shape index (κ3) is 4.53. The average Bonchev–Trinajstić information content (AvgIpc) is 2.71. The van der Waals surface area contributed by atoms with Gasteiger partial charge in [0.1, 0.15) is 24.2 Å². The van der Waals surface area contributed by atoms with E-state index in [1.165, 1.54) is 6.26 Å². The van der Waals surface area contributed by atoms with Crippen LogP contribution < -0.4 is 4.74 Å². The largest absolute Gasteiger partial charge is 0.493 e. The number of carbonyl (C=O) groups is 2. The molecule has 0 spiro atoms. The van der Waals surface area contributed by atoms with Crippen molar-refractivity contribution >= 4 is 27.7 Å². The molecule has 5 nitrogen and oxygen atoms in total. The monoisotopic (exact) mass is 456 g/mol. The first-order valence-electron chi connectivity index (χ1n) is 9.60. The van der Waals surface area contributed by atoms with Gasteiger partial charge in [0, 0.05) is 10.9 Å². The first-order chi connectivity index (χ1) is 14.0. The molecule has 2 aliphatic rings. The molecule has 1 fully saturated rings. The highest BCUT2D eigenvalue weighted by molar-refractivity contribution is 9.10. The van der Waals surface area contributed by atoms with Crippen molar-refractivity contribution in [2.75, 3.05) is 0 Å². The number of rotatable bonds is 4. The first-order valence-corrected chi connectivity index (χ1v) is 10.4. The van der Waals surface area contributed by atoms with Crippen LogP contribution in [0.1, 0.15) is 35.2 Å². The minimum atomic E-state index is -0.359. The Kier molecular flexibility index (Phi) is 5.72. The fourth-order valence-electron chi connectivity index (χ4n) is 3.73.